The molecule has 0 atom stereocenters. The van der Waals surface area contributed by atoms with E-state index in [0.29, 0.717) is 0 Å². The van der Waals surface area contributed by atoms with E-state index in [9.17, 15) is 14.4 Å². The third-order valence-electron chi connectivity index (χ3n) is 1.28. The fraction of sp³-hybridized carbons (Fsp3) is 0.667. The van der Waals surface area contributed by atoms with Crippen LogP contribution in [0.15, 0.2) is 0 Å². The monoisotopic (exact) mass is 282 g/mol. The predicted octanol–water partition coefficient (Wildman–Crippen LogP) is 0.0418. The van der Waals surface area contributed by atoms with Gasteiger partial charge in [-0.05, 0) is 0 Å². The smallest absolute Gasteiger partial charge is 0.303 e. The molecule has 0 aliphatic carbocycles. The van der Waals surface area contributed by atoms with Gasteiger partial charge in [0, 0.05) is 40.2 Å². The largest absolute Gasteiger partial charge is 0.462 e. The van der Waals surface area contributed by atoms with Crippen molar-refractivity contribution in [2.75, 3.05) is 13.2 Å². The minimum atomic E-state index is -0.754. The number of carbonyl (C=O) groups excluding carboxylic acids is 3. The SMILES string of the molecule is CC(=O)OCC(COC(C)=O)OC(C)=O.[Zn]. The van der Waals surface area contributed by atoms with Gasteiger partial charge in [0.25, 0.3) is 0 Å². The molecule has 6 nitrogen and oxygen atoms in total. The van der Waals surface area contributed by atoms with E-state index in [1.165, 1.54) is 20.8 Å². The normalized spacial score (nSPS) is 9.00. The quantitative estimate of drug-likeness (QED) is 0.403. The van der Waals surface area contributed by atoms with Gasteiger partial charge in [-0.2, -0.15) is 0 Å². The first kappa shape index (κ1) is 17.4. The number of esters is 3. The van der Waals surface area contributed by atoms with Crippen LogP contribution in [0.5, 0.6) is 0 Å². The van der Waals surface area contributed by atoms with Crippen molar-refractivity contribution in [1.29, 1.82) is 0 Å². The molecule has 0 saturated carbocycles. The Bertz CT molecular complexity index is 234. The van der Waals surface area contributed by atoms with E-state index < -0.39 is 24.0 Å². The fourth-order valence-corrected chi connectivity index (χ4v) is 0.771. The second-order valence-electron chi connectivity index (χ2n) is 2.84. The minimum Gasteiger partial charge on any atom is -0.462 e. The van der Waals surface area contributed by atoms with Crippen LogP contribution in [0.3, 0.4) is 0 Å². The molecule has 16 heavy (non-hydrogen) atoms. The average molecular weight is 284 g/mol. The summed E-state index contributed by atoms with van der Waals surface area (Å²) in [6.07, 6.45) is -0.754. The second-order valence-corrected chi connectivity index (χ2v) is 2.84. The second kappa shape index (κ2) is 9.27. The molecule has 0 radical (unpaired) electrons. The topological polar surface area (TPSA) is 78.9 Å². The Balaban J connectivity index is 0. The molecule has 0 amide bonds. The molecule has 0 spiro atoms. The Kier molecular flexibility index (Phi) is 10.1. The van der Waals surface area contributed by atoms with Gasteiger partial charge in [-0.25, -0.2) is 0 Å². The summed E-state index contributed by atoms with van der Waals surface area (Å²) in [6.45, 7) is 3.44. The van der Waals surface area contributed by atoms with Crippen LogP contribution in [0.2, 0.25) is 0 Å². The Morgan fingerprint density at radius 1 is 0.875 bits per heavy atom. The van der Waals surface area contributed by atoms with E-state index in [2.05, 4.69) is 9.47 Å². The average Bonchev–Trinajstić information content (AvgIpc) is 2.08. The van der Waals surface area contributed by atoms with Crippen LogP contribution in [-0.2, 0) is 48.1 Å². The van der Waals surface area contributed by atoms with Crippen molar-refractivity contribution < 1.29 is 48.1 Å². The van der Waals surface area contributed by atoms with Crippen LogP contribution in [0.1, 0.15) is 20.8 Å². The molecule has 0 aromatic carbocycles. The molecule has 0 aliphatic rings. The maximum absolute atomic E-state index is 10.6. The molecule has 7 heteroatoms. The first-order valence-corrected chi connectivity index (χ1v) is 4.35. The maximum Gasteiger partial charge on any atom is 0.303 e. The minimum absolute atomic E-state index is 0. The Labute approximate surface area is 106 Å². The summed E-state index contributed by atoms with van der Waals surface area (Å²) in [5, 5.41) is 0. The van der Waals surface area contributed by atoms with E-state index in [-0.39, 0.29) is 32.7 Å². The summed E-state index contributed by atoms with van der Waals surface area (Å²) < 4.78 is 14.0. The van der Waals surface area contributed by atoms with Crippen LogP contribution in [0, 0.1) is 0 Å². The van der Waals surface area contributed by atoms with Gasteiger partial charge in [-0.1, -0.05) is 0 Å². The van der Waals surface area contributed by atoms with E-state index in [0.717, 1.165) is 0 Å². The van der Waals surface area contributed by atoms with Crippen molar-refractivity contribution in [2.24, 2.45) is 0 Å². The number of rotatable bonds is 5. The van der Waals surface area contributed by atoms with Crippen LogP contribution in [0.25, 0.3) is 0 Å². The van der Waals surface area contributed by atoms with E-state index in [4.69, 9.17) is 4.74 Å². The van der Waals surface area contributed by atoms with Crippen molar-refractivity contribution in [3.05, 3.63) is 0 Å². The van der Waals surface area contributed by atoms with Gasteiger partial charge in [0.1, 0.15) is 13.2 Å². The molecule has 0 aromatic heterocycles. The molecule has 0 heterocycles. The zero-order valence-electron chi connectivity index (χ0n) is 9.65. The van der Waals surface area contributed by atoms with Crippen molar-refractivity contribution in [3.8, 4) is 0 Å². The summed E-state index contributed by atoms with van der Waals surface area (Å²) in [5.74, 6) is -1.51. The van der Waals surface area contributed by atoms with Gasteiger partial charge in [0.15, 0.2) is 6.10 Å². The molecular weight excluding hydrogens is 269 g/mol. The molecule has 0 aliphatic heterocycles. The molecular formula is C9H14O6Zn. The van der Waals surface area contributed by atoms with Crippen LogP contribution in [-0.4, -0.2) is 37.2 Å². The van der Waals surface area contributed by atoms with E-state index >= 15 is 0 Å². The Morgan fingerprint density at radius 3 is 1.50 bits per heavy atom. The van der Waals surface area contributed by atoms with Crippen LogP contribution < -0.4 is 0 Å². The third-order valence-corrected chi connectivity index (χ3v) is 1.28. The molecule has 0 bridgehead atoms. The first-order chi connectivity index (χ1) is 6.91. The zero-order valence-corrected chi connectivity index (χ0v) is 12.6. The summed E-state index contributed by atoms with van der Waals surface area (Å²) in [4.78, 5) is 31.6. The maximum atomic E-state index is 10.6. The molecule has 0 N–H and O–H groups in total. The number of hydrogen-bond donors (Lipinski definition) is 0. The number of hydrogen-bond acceptors (Lipinski definition) is 6. The molecule has 88 valence electrons. The van der Waals surface area contributed by atoms with Gasteiger partial charge in [0.05, 0.1) is 0 Å². The van der Waals surface area contributed by atoms with E-state index in [1.807, 2.05) is 0 Å². The van der Waals surface area contributed by atoms with Crippen molar-refractivity contribution in [1.82, 2.24) is 0 Å². The fourth-order valence-electron chi connectivity index (χ4n) is 0.771. The van der Waals surface area contributed by atoms with Gasteiger partial charge >= 0.3 is 17.9 Å². The number of ether oxygens (including phenoxy) is 3. The van der Waals surface area contributed by atoms with Crippen molar-refractivity contribution in [2.45, 2.75) is 26.9 Å². The third kappa shape index (κ3) is 11.1. The van der Waals surface area contributed by atoms with Gasteiger partial charge < -0.3 is 14.2 Å². The standard InChI is InChI=1S/C9H14O6.Zn/c1-6(10)13-4-9(15-8(3)12)5-14-7(2)11;/h9H,4-5H2,1-3H3;. The molecule has 0 saturated heterocycles. The molecule has 0 unspecified atom stereocenters. The van der Waals surface area contributed by atoms with Gasteiger partial charge in [-0.3, -0.25) is 14.4 Å². The summed E-state index contributed by atoms with van der Waals surface area (Å²) >= 11 is 0. The first-order valence-electron chi connectivity index (χ1n) is 4.35. The van der Waals surface area contributed by atoms with Gasteiger partial charge in [0.2, 0.25) is 0 Å². The summed E-state index contributed by atoms with van der Waals surface area (Å²) in [5.41, 5.74) is 0. The summed E-state index contributed by atoms with van der Waals surface area (Å²) in [7, 11) is 0. The molecule has 0 aromatic rings. The van der Waals surface area contributed by atoms with Crippen LogP contribution in [0.4, 0.5) is 0 Å². The van der Waals surface area contributed by atoms with Crippen molar-refractivity contribution in [3.63, 3.8) is 0 Å². The number of carbonyl (C=O) groups is 3. The summed E-state index contributed by atoms with van der Waals surface area (Å²) in [6, 6.07) is 0. The van der Waals surface area contributed by atoms with Gasteiger partial charge in [-0.15, -0.1) is 0 Å². The predicted molar refractivity (Wildman–Crippen MR) is 48.8 cm³/mol. The zero-order chi connectivity index (χ0) is 11.8. The Hall–Kier alpha value is -0.967. The van der Waals surface area contributed by atoms with E-state index in [1.54, 1.807) is 0 Å². The molecule has 0 rings (SSSR count). The van der Waals surface area contributed by atoms with Crippen molar-refractivity contribution >= 4 is 17.9 Å². The Morgan fingerprint density at radius 2 is 1.25 bits per heavy atom. The molecule has 0 fully saturated rings. The van der Waals surface area contributed by atoms with Crippen LogP contribution >= 0.6 is 0 Å².